The summed E-state index contributed by atoms with van der Waals surface area (Å²) in [5.74, 6) is -3.85. The summed E-state index contributed by atoms with van der Waals surface area (Å²) in [7, 11) is 0. The Kier molecular flexibility index (Phi) is 5.12. The molecule has 2 N–H and O–H groups in total. The number of nitrogens with one attached hydrogen (secondary N) is 2. The number of hydrogen-bond acceptors (Lipinski definition) is 4. The number of aromatic nitrogens is 2. The lowest BCUT2D eigenvalue weighted by molar-refractivity contribution is -0.117. The van der Waals surface area contributed by atoms with E-state index in [0.29, 0.717) is 11.0 Å². The van der Waals surface area contributed by atoms with E-state index in [0.717, 1.165) is 0 Å². The fraction of sp³-hybridized carbons (Fsp3) is 0.556. The number of hydrogen-bond donors (Lipinski definition) is 2. The monoisotopic (exact) mass is 330 g/mol. The topological polar surface area (TPSA) is 49.8 Å². The van der Waals surface area contributed by atoms with E-state index >= 15 is 0 Å². The van der Waals surface area contributed by atoms with E-state index in [-0.39, 0.29) is 11.8 Å². The van der Waals surface area contributed by atoms with Crippen LogP contribution in [0.15, 0.2) is 10.7 Å². The van der Waals surface area contributed by atoms with Gasteiger partial charge in [-0.3, -0.25) is 0 Å². The van der Waals surface area contributed by atoms with Crippen molar-refractivity contribution >= 4 is 27.7 Å². The predicted molar refractivity (Wildman–Crippen MR) is 63.3 cm³/mol. The third-order valence-electron chi connectivity index (χ3n) is 1.89. The van der Waals surface area contributed by atoms with Crippen LogP contribution in [0.25, 0.3) is 0 Å². The second kappa shape index (κ2) is 6.17. The van der Waals surface area contributed by atoms with Gasteiger partial charge in [0.1, 0.15) is 5.82 Å². The molecule has 0 aromatic carbocycles. The summed E-state index contributed by atoms with van der Waals surface area (Å²) in [5.41, 5.74) is 0. The predicted octanol–water partition coefficient (Wildman–Crippen LogP) is 2.98. The summed E-state index contributed by atoms with van der Waals surface area (Å²) in [6.07, 6.45) is -2.38. The van der Waals surface area contributed by atoms with E-state index in [1.807, 2.05) is 6.92 Å². The second-order valence-electron chi connectivity index (χ2n) is 3.34. The highest BCUT2D eigenvalue weighted by Gasteiger charge is 2.40. The highest BCUT2D eigenvalue weighted by Crippen LogP contribution is 2.25. The summed E-state index contributed by atoms with van der Waals surface area (Å²) in [6.45, 7) is 1.16. The highest BCUT2D eigenvalue weighted by molar-refractivity contribution is 9.10. The molecule has 0 atom stereocenters. The lowest BCUT2D eigenvalue weighted by Gasteiger charge is -2.16. The first-order valence-corrected chi connectivity index (χ1v) is 5.82. The highest BCUT2D eigenvalue weighted by atomic mass is 79.9. The summed E-state index contributed by atoms with van der Waals surface area (Å²) in [4.78, 5) is 7.73. The van der Waals surface area contributed by atoms with Crippen molar-refractivity contribution < 1.29 is 17.6 Å². The maximum Gasteiger partial charge on any atom is 0.324 e. The van der Waals surface area contributed by atoms with Crippen LogP contribution in [0.3, 0.4) is 0 Å². The van der Waals surface area contributed by atoms with Crippen LogP contribution in [-0.4, -0.2) is 35.4 Å². The van der Waals surface area contributed by atoms with Crippen LogP contribution in [0.5, 0.6) is 0 Å². The van der Waals surface area contributed by atoms with Gasteiger partial charge in [0, 0.05) is 12.7 Å². The van der Waals surface area contributed by atoms with Crippen LogP contribution in [0, 0.1) is 0 Å². The van der Waals surface area contributed by atoms with Crippen molar-refractivity contribution in [3.63, 3.8) is 0 Å². The molecule has 0 amide bonds. The molecule has 0 fully saturated rings. The van der Waals surface area contributed by atoms with Crippen LogP contribution < -0.4 is 10.6 Å². The molecule has 9 heteroatoms. The zero-order chi connectivity index (χ0) is 13.8. The van der Waals surface area contributed by atoms with E-state index in [1.54, 1.807) is 0 Å². The molecule has 1 aromatic heterocycles. The number of rotatable bonds is 6. The Labute approximate surface area is 109 Å². The molecule has 18 heavy (non-hydrogen) atoms. The molecule has 1 rings (SSSR count). The molecule has 0 bridgehead atoms. The Morgan fingerprint density at radius 3 is 2.61 bits per heavy atom. The van der Waals surface area contributed by atoms with Crippen LogP contribution in [0.1, 0.15) is 6.92 Å². The largest absolute Gasteiger partial charge is 0.363 e. The fourth-order valence-electron chi connectivity index (χ4n) is 1.01. The smallest absolute Gasteiger partial charge is 0.324 e. The van der Waals surface area contributed by atoms with Crippen molar-refractivity contribution in [2.24, 2.45) is 0 Å². The summed E-state index contributed by atoms with van der Waals surface area (Å²) in [5, 5.41) is 4.94. The van der Waals surface area contributed by atoms with Gasteiger partial charge in [-0.2, -0.15) is 13.8 Å². The Bertz CT molecular complexity index is 402. The molecule has 4 nitrogen and oxygen atoms in total. The van der Waals surface area contributed by atoms with E-state index in [4.69, 9.17) is 0 Å². The normalized spacial score (nSPS) is 11.7. The van der Waals surface area contributed by atoms with E-state index in [1.165, 1.54) is 6.20 Å². The van der Waals surface area contributed by atoms with Crippen molar-refractivity contribution in [3.05, 3.63) is 10.7 Å². The van der Waals surface area contributed by atoms with Gasteiger partial charge in [-0.15, -0.1) is 0 Å². The van der Waals surface area contributed by atoms with Crippen molar-refractivity contribution in [1.29, 1.82) is 0 Å². The Balaban J connectivity index is 2.75. The van der Waals surface area contributed by atoms with E-state index in [9.17, 15) is 17.6 Å². The molecule has 0 unspecified atom stereocenters. The fourth-order valence-corrected chi connectivity index (χ4v) is 1.34. The van der Waals surface area contributed by atoms with E-state index in [2.05, 4.69) is 36.5 Å². The van der Waals surface area contributed by atoms with Crippen molar-refractivity contribution in [2.45, 2.75) is 19.3 Å². The molecular formula is C9H11BrF4N4. The zero-order valence-electron chi connectivity index (χ0n) is 9.35. The minimum Gasteiger partial charge on any atom is -0.363 e. The lowest BCUT2D eigenvalue weighted by Crippen LogP contribution is -2.35. The number of alkyl halides is 4. The van der Waals surface area contributed by atoms with Gasteiger partial charge in [0.25, 0.3) is 0 Å². The molecule has 1 heterocycles. The summed E-state index contributed by atoms with van der Waals surface area (Å²) in [6, 6.07) is 0. The van der Waals surface area contributed by atoms with Crippen molar-refractivity contribution in [3.8, 4) is 0 Å². The first kappa shape index (κ1) is 14.9. The number of nitrogens with zero attached hydrogens (tertiary/aromatic N) is 2. The third-order valence-corrected chi connectivity index (χ3v) is 2.47. The van der Waals surface area contributed by atoms with Gasteiger partial charge >= 0.3 is 12.3 Å². The minimum atomic E-state index is -4.11. The lowest BCUT2D eigenvalue weighted by atomic mass is 10.3. The first-order chi connectivity index (χ1) is 8.36. The molecule has 0 saturated heterocycles. The maximum atomic E-state index is 12.7. The molecule has 0 spiro atoms. The van der Waals surface area contributed by atoms with Gasteiger partial charge in [0.05, 0.1) is 11.0 Å². The number of halogens is 5. The molecule has 0 saturated carbocycles. The molecule has 0 aliphatic carbocycles. The minimum absolute atomic E-state index is 0.0290. The zero-order valence-corrected chi connectivity index (χ0v) is 10.9. The quantitative estimate of drug-likeness (QED) is 0.787. The molecule has 1 aromatic rings. The summed E-state index contributed by atoms with van der Waals surface area (Å²) < 4.78 is 49.7. The van der Waals surface area contributed by atoms with Crippen LogP contribution in [0.2, 0.25) is 0 Å². The van der Waals surface area contributed by atoms with Crippen LogP contribution in [0.4, 0.5) is 29.3 Å². The van der Waals surface area contributed by atoms with E-state index < -0.39 is 18.9 Å². The molecule has 102 valence electrons. The van der Waals surface area contributed by atoms with Crippen LogP contribution >= 0.6 is 15.9 Å². The van der Waals surface area contributed by atoms with Crippen LogP contribution in [-0.2, 0) is 0 Å². The molecular weight excluding hydrogens is 320 g/mol. The summed E-state index contributed by atoms with van der Waals surface area (Å²) >= 11 is 3.04. The second-order valence-corrected chi connectivity index (χ2v) is 4.19. The van der Waals surface area contributed by atoms with Gasteiger partial charge in [0.2, 0.25) is 5.95 Å². The van der Waals surface area contributed by atoms with Crippen molar-refractivity contribution in [1.82, 2.24) is 9.97 Å². The third kappa shape index (κ3) is 3.97. The number of anilines is 2. The average molecular weight is 331 g/mol. The molecule has 0 aliphatic heterocycles. The van der Waals surface area contributed by atoms with Crippen molar-refractivity contribution in [2.75, 3.05) is 23.7 Å². The molecule has 0 aliphatic rings. The Morgan fingerprint density at radius 2 is 2.06 bits per heavy atom. The maximum absolute atomic E-state index is 12.7. The van der Waals surface area contributed by atoms with Gasteiger partial charge in [0.15, 0.2) is 0 Å². The first-order valence-electron chi connectivity index (χ1n) is 5.03. The van der Waals surface area contributed by atoms with Gasteiger partial charge in [-0.25, -0.2) is 13.8 Å². The van der Waals surface area contributed by atoms with Gasteiger partial charge < -0.3 is 10.6 Å². The Hall–Kier alpha value is -1.12. The molecule has 0 radical (unpaired) electrons. The standard InChI is InChI=1S/C9H11BrF4N4/c1-2-15-8-16-3-5(10)6(18-8)17-4-9(13,14)7(11)12/h3,7H,2,4H2,1H3,(H2,15,16,17,18). The average Bonchev–Trinajstić information content (AvgIpc) is 2.30. The SMILES string of the molecule is CCNc1ncc(Br)c(NCC(F)(F)C(F)F)n1. The van der Waals surface area contributed by atoms with Gasteiger partial charge in [-0.1, -0.05) is 0 Å². The Morgan fingerprint density at radius 1 is 1.39 bits per heavy atom. The van der Waals surface area contributed by atoms with Gasteiger partial charge in [-0.05, 0) is 22.9 Å².